The van der Waals surface area contributed by atoms with Crippen LogP contribution >= 0.6 is 0 Å². The number of benzene rings is 1. The van der Waals surface area contributed by atoms with Crippen LogP contribution in [0.1, 0.15) is 26.0 Å². The third-order valence-electron chi connectivity index (χ3n) is 5.20. The Morgan fingerprint density at radius 1 is 1.12 bits per heavy atom. The van der Waals surface area contributed by atoms with Crippen LogP contribution in [-0.4, -0.2) is 48.3 Å². The second-order valence-corrected chi connectivity index (χ2v) is 9.92. The molecule has 10 nitrogen and oxygen atoms in total. The molecule has 3 heterocycles. The fraction of sp³-hybridized carbons (Fsp3) is 0.348. The van der Waals surface area contributed by atoms with Gasteiger partial charge in [-0.3, -0.25) is 14.5 Å². The number of carbonyl (C=O) groups is 1. The van der Waals surface area contributed by atoms with E-state index in [0.29, 0.717) is 43.5 Å². The SMILES string of the molecule is CC(C)C(NS(=O)(=O)c1ccc2c(c1)OCCCO2)C(=O)Nc1ccn(Cc2ccccn2)n1. The van der Waals surface area contributed by atoms with Crippen LogP contribution in [0, 0.1) is 5.92 Å². The maximum Gasteiger partial charge on any atom is 0.244 e. The molecular formula is C23H27N5O5S. The third-order valence-corrected chi connectivity index (χ3v) is 6.64. The molecule has 1 atom stereocenters. The summed E-state index contributed by atoms with van der Waals surface area (Å²) in [5.74, 6) is 0.364. The summed E-state index contributed by atoms with van der Waals surface area (Å²) < 4.78 is 41.5. The lowest BCUT2D eigenvalue weighted by atomic mass is 10.1. The molecule has 1 aliphatic heterocycles. The molecule has 1 aliphatic rings. The highest BCUT2D eigenvalue weighted by atomic mass is 32.2. The molecular weight excluding hydrogens is 458 g/mol. The Kier molecular flexibility index (Phi) is 7.13. The predicted molar refractivity (Wildman–Crippen MR) is 125 cm³/mol. The number of sulfonamides is 1. The lowest BCUT2D eigenvalue weighted by Gasteiger charge is -2.21. The molecule has 0 bridgehead atoms. The molecule has 11 heteroatoms. The lowest BCUT2D eigenvalue weighted by molar-refractivity contribution is -0.118. The number of anilines is 1. The molecule has 1 amide bonds. The van der Waals surface area contributed by atoms with E-state index in [0.717, 1.165) is 5.69 Å². The average Bonchev–Trinajstić information content (AvgIpc) is 3.10. The van der Waals surface area contributed by atoms with Crippen molar-refractivity contribution in [1.82, 2.24) is 19.5 Å². The van der Waals surface area contributed by atoms with E-state index in [1.165, 1.54) is 12.1 Å². The Bertz CT molecular complexity index is 1240. The zero-order chi connectivity index (χ0) is 24.1. The molecule has 1 aromatic carbocycles. The van der Waals surface area contributed by atoms with Gasteiger partial charge in [0.05, 0.1) is 30.3 Å². The molecule has 180 valence electrons. The van der Waals surface area contributed by atoms with Crippen LogP contribution in [0.3, 0.4) is 0 Å². The Balaban J connectivity index is 1.45. The van der Waals surface area contributed by atoms with Crippen LogP contribution in [0.15, 0.2) is 59.8 Å². The Hall–Kier alpha value is -3.44. The summed E-state index contributed by atoms with van der Waals surface area (Å²) in [6.07, 6.45) is 4.13. The van der Waals surface area contributed by atoms with Gasteiger partial charge in [-0.2, -0.15) is 9.82 Å². The van der Waals surface area contributed by atoms with Crippen molar-refractivity contribution in [3.63, 3.8) is 0 Å². The van der Waals surface area contributed by atoms with Crippen molar-refractivity contribution in [2.75, 3.05) is 18.5 Å². The zero-order valence-electron chi connectivity index (χ0n) is 19.0. The van der Waals surface area contributed by atoms with Gasteiger partial charge in [0, 0.05) is 30.9 Å². The second-order valence-electron chi connectivity index (χ2n) is 8.21. The topological polar surface area (TPSA) is 124 Å². The second kappa shape index (κ2) is 10.2. The molecule has 34 heavy (non-hydrogen) atoms. The molecule has 0 saturated heterocycles. The third kappa shape index (κ3) is 5.72. The van der Waals surface area contributed by atoms with Crippen LogP contribution in [0.5, 0.6) is 11.5 Å². The van der Waals surface area contributed by atoms with Gasteiger partial charge in [0.2, 0.25) is 15.9 Å². The average molecular weight is 486 g/mol. The highest BCUT2D eigenvalue weighted by Gasteiger charge is 2.29. The lowest BCUT2D eigenvalue weighted by Crippen LogP contribution is -2.47. The maximum atomic E-state index is 13.1. The number of hydrogen-bond donors (Lipinski definition) is 2. The number of nitrogens with one attached hydrogen (secondary N) is 2. The van der Waals surface area contributed by atoms with Crippen molar-refractivity contribution >= 4 is 21.7 Å². The predicted octanol–water partition coefficient (Wildman–Crippen LogP) is 2.43. The molecule has 3 aromatic rings. The van der Waals surface area contributed by atoms with Gasteiger partial charge in [-0.05, 0) is 30.2 Å². The van der Waals surface area contributed by atoms with E-state index in [1.54, 1.807) is 43.1 Å². The van der Waals surface area contributed by atoms with Gasteiger partial charge in [0.1, 0.15) is 6.04 Å². The molecule has 0 fully saturated rings. The van der Waals surface area contributed by atoms with Gasteiger partial charge in [0.25, 0.3) is 0 Å². The first kappa shape index (κ1) is 23.7. The fourth-order valence-electron chi connectivity index (χ4n) is 3.42. The standard InChI is InChI=1S/C23H27N5O5S/c1-16(2)22(23(29)25-21-9-11-28(26-21)15-17-6-3-4-10-24-17)27-34(30,31)18-7-8-19-20(14-18)33-13-5-12-32-19/h3-4,6-11,14,16,22,27H,5,12-13,15H2,1-2H3,(H,25,26,29). The van der Waals surface area contributed by atoms with Gasteiger partial charge in [0.15, 0.2) is 17.3 Å². The van der Waals surface area contributed by atoms with Gasteiger partial charge in [-0.15, -0.1) is 0 Å². The number of fused-ring (bicyclic) bond motifs is 1. The van der Waals surface area contributed by atoms with E-state index in [9.17, 15) is 13.2 Å². The van der Waals surface area contributed by atoms with Gasteiger partial charge in [-0.25, -0.2) is 8.42 Å². The number of ether oxygens (including phenoxy) is 2. The molecule has 4 rings (SSSR count). The number of rotatable bonds is 8. The highest BCUT2D eigenvalue weighted by molar-refractivity contribution is 7.89. The Morgan fingerprint density at radius 3 is 2.65 bits per heavy atom. The van der Waals surface area contributed by atoms with Crippen LogP contribution in [0.25, 0.3) is 0 Å². The first-order chi connectivity index (χ1) is 16.3. The minimum absolute atomic E-state index is 0.00478. The first-order valence-corrected chi connectivity index (χ1v) is 12.5. The molecule has 1 unspecified atom stereocenters. The normalized spacial score (nSPS) is 14.4. The minimum atomic E-state index is -4.00. The van der Waals surface area contributed by atoms with Crippen molar-refractivity contribution in [3.05, 3.63) is 60.6 Å². The van der Waals surface area contributed by atoms with Crippen molar-refractivity contribution in [2.45, 2.75) is 37.8 Å². The summed E-state index contributed by atoms with van der Waals surface area (Å²) in [6, 6.07) is 10.6. The number of carbonyl (C=O) groups excluding carboxylic acids is 1. The monoisotopic (exact) mass is 485 g/mol. The summed E-state index contributed by atoms with van der Waals surface area (Å²) in [5.41, 5.74) is 0.825. The molecule has 2 N–H and O–H groups in total. The zero-order valence-corrected chi connectivity index (χ0v) is 19.8. The van der Waals surface area contributed by atoms with Crippen molar-refractivity contribution in [1.29, 1.82) is 0 Å². The maximum absolute atomic E-state index is 13.1. The smallest absolute Gasteiger partial charge is 0.244 e. The first-order valence-electron chi connectivity index (χ1n) is 11.0. The number of amides is 1. The van der Waals surface area contributed by atoms with Gasteiger partial charge < -0.3 is 14.8 Å². The van der Waals surface area contributed by atoms with E-state index in [-0.39, 0.29) is 10.8 Å². The van der Waals surface area contributed by atoms with E-state index in [1.807, 2.05) is 18.2 Å². The Morgan fingerprint density at radius 2 is 1.91 bits per heavy atom. The summed E-state index contributed by atoms with van der Waals surface area (Å²) in [4.78, 5) is 17.2. The van der Waals surface area contributed by atoms with Crippen LogP contribution in [0.2, 0.25) is 0 Å². The summed E-state index contributed by atoms with van der Waals surface area (Å²) in [7, 11) is -4.00. The molecule has 0 saturated carbocycles. The molecule has 0 radical (unpaired) electrons. The van der Waals surface area contributed by atoms with E-state index >= 15 is 0 Å². The Labute approximate surface area is 198 Å². The quantitative estimate of drug-likeness (QED) is 0.502. The number of aromatic nitrogens is 3. The van der Waals surface area contributed by atoms with Crippen LogP contribution in [0.4, 0.5) is 5.82 Å². The van der Waals surface area contributed by atoms with Crippen molar-refractivity contribution in [2.24, 2.45) is 5.92 Å². The van der Waals surface area contributed by atoms with Gasteiger partial charge in [-0.1, -0.05) is 19.9 Å². The van der Waals surface area contributed by atoms with Crippen molar-refractivity contribution in [3.8, 4) is 11.5 Å². The summed E-state index contributed by atoms with van der Waals surface area (Å²) in [6.45, 7) is 4.92. The highest BCUT2D eigenvalue weighted by Crippen LogP contribution is 2.32. The fourth-order valence-corrected chi connectivity index (χ4v) is 4.78. The van der Waals surface area contributed by atoms with Gasteiger partial charge >= 0.3 is 0 Å². The molecule has 0 spiro atoms. The molecule has 0 aliphatic carbocycles. The van der Waals surface area contributed by atoms with Crippen LogP contribution < -0.4 is 19.5 Å². The summed E-state index contributed by atoms with van der Waals surface area (Å²) in [5, 5.41) is 7.03. The van der Waals surface area contributed by atoms with E-state index in [4.69, 9.17) is 9.47 Å². The number of pyridine rings is 1. The minimum Gasteiger partial charge on any atom is -0.490 e. The number of hydrogen-bond acceptors (Lipinski definition) is 7. The van der Waals surface area contributed by atoms with E-state index < -0.39 is 22.0 Å². The largest absolute Gasteiger partial charge is 0.490 e. The molecule has 2 aromatic heterocycles. The van der Waals surface area contributed by atoms with Crippen molar-refractivity contribution < 1.29 is 22.7 Å². The number of nitrogens with zero attached hydrogens (tertiary/aromatic N) is 3. The van der Waals surface area contributed by atoms with Crippen LogP contribution in [-0.2, 0) is 21.4 Å². The van der Waals surface area contributed by atoms with E-state index in [2.05, 4.69) is 20.1 Å². The summed E-state index contributed by atoms with van der Waals surface area (Å²) >= 11 is 0.